The van der Waals surface area contributed by atoms with E-state index in [0.717, 1.165) is 11.3 Å². The molecule has 0 saturated heterocycles. The number of rotatable bonds is 2. The fraction of sp³-hybridized carbons (Fsp3) is 0.167. The van der Waals surface area contributed by atoms with Crippen LogP contribution in [0.1, 0.15) is 0 Å². The van der Waals surface area contributed by atoms with Crippen LogP contribution in [0.2, 0.25) is 0 Å². The van der Waals surface area contributed by atoms with Gasteiger partial charge in [-0.15, -0.1) is 0 Å². The molecule has 2 aromatic rings. The summed E-state index contributed by atoms with van der Waals surface area (Å²) in [5.41, 5.74) is 3.28. The van der Waals surface area contributed by atoms with E-state index < -0.39 is 0 Å². The van der Waals surface area contributed by atoms with E-state index in [4.69, 9.17) is 12.2 Å². The van der Waals surface area contributed by atoms with Crippen molar-refractivity contribution in [2.45, 2.75) is 0 Å². The number of benzene rings is 1. The van der Waals surface area contributed by atoms with Crippen molar-refractivity contribution in [1.29, 1.82) is 0 Å². The summed E-state index contributed by atoms with van der Waals surface area (Å²) in [6.07, 6.45) is 1.72. The summed E-state index contributed by atoms with van der Waals surface area (Å²) >= 11 is 4.99. The number of hydrogen-bond acceptors (Lipinski definition) is 3. The first-order valence-corrected chi connectivity index (χ1v) is 5.41. The van der Waals surface area contributed by atoms with Gasteiger partial charge in [-0.1, -0.05) is 12.1 Å². The smallest absolute Gasteiger partial charge is 0.197 e. The Morgan fingerprint density at radius 1 is 1.12 bits per heavy atom. The lowest BCUT2D eigenvalue weighted by Crippen LogP contribution is -2.07. The lowest BCUT2D eigenvalue weighted by Gasteiger charge is -2.12. The van der Waals surface area contributed by atoms with Crippen molar-refractivity contribution in [3.05, 3.63) is 41.3 Å². The van der Waals surface area contributed by atoms with E-state index in [-0.39, 0.29) is 0 Å². The number of H-pyrrole nitrogens is 1. The Balaban J connectivity index is 2.38. The third-order valence-corrected chi connectivity index (χ3v) is 2.58. The molecule has 1 aromatic carbocycles. The molecule has 0 amide bonds. The van der Waals surface area contributed by atoms with Crippen LogP contribution in [-0.2, 0) is 0 Å². The summed E-state index contributed by atoms with van der Waals surface area (Å²) in [5.74, 6) is 0. The molecule has 0 aliphatic carbocycles. The molecule has 0 fully saturated rings. The Labute approximate surface area is 99.8 Å². The highest BCUT2D eigenvalue weighted by Gasteiger charge is 1.99. The second-order valence-corrected chi connectivity index (χ2v) is 4.12. The molecule has 0 aliphatic heterocycles. The van der Waals surface area contributed by atoms with E-state index in [9.17, 15) is 0 Å². The predicted octanol–water partition coefficient (Wildman–Crippen LogP) is 2.87. The summed E-state index contributed by atoms with van der Waals surface area (Å²) in [6.45, 7) is 0. The molecular weight excluding hydrogens is 218 g/mol. The number of nitrogens with one attached hydrogen (secondary N) is 1. The summed E-state index contributed by atoms with van der Waals surface area (Å²) < 4.78 is 0.509. The summed E-state index contributed by atoms with van der Waals surface area (Å²) in [4.78, 5) is 9.09. The fourth-order valence-electron chi connectivity index (χ4n) is 1.48. The number of hydrogen-bond donors (Lipinski definition) is 1. The Kier molecular flexibility index (Phi) is 3.01. The molecule has 0 aliphatic rings. The first kappa shape index (κ1) is 10.8. The minimum Gasteiger partial charge on any atom is -0.378 e. The molecule has 0 spiro atoms. The molecule has 82 valence electrons. The molecule has 0 saturated carbocycles. The molecule has 2 rings (SSSR count). The van der Waals surface area contributed by atoms with Crippen LogP contribution in [-0.4, -0.2) is 24.1 Å². The predicted molar refractivity (Wildman–Crippen MR) is 69.2 cm³/mol. The van der Waals surface area contributed by atoms with E-state index in [2.05, 4.69) is 39.1 Å². The van der Waals surface area contributed by atoms with Crippen molar-refractivity contribution in [2.75, 3.05) is 19.0 Å². The summed E-state index contributed by atoms with van der Waals surface area (Å²) in [5, 5.41) is 0. The van der Waals surface area contributed by atoms with Gasteiger partial charge in [-0.2, -0.15) is 0 Å². The number of nitrogens with zero attached hydrogens (tertiary/aromatic N) is 2. The second-order valence-electron chi connectivity index (χ2n) is 3.73. The van der Waals surface area contributed by atoms with Crippen LogP contribution in [0.15, 0.2) is 36.5 Å². The van der Waals surface area contributed by atoms with Crippen molar-refractivity contribution in [3.63, 3.8) is 0 Å². The highest BCUT2D eigenvalue weighted by molar-refractivity contribution is 7.71. The SMILES string of the molecule is CN(C)c1ccc(-c2ccnc(=S)[nH]2)cc1. The lowest BCUT2D eigenvalue weighted by atomic mass is 10.1. The molecule has 1 aromatic heterocycles. The quantitative estimate of drug-likeness (QED) is 0.806. The first-order valence-electron chi connectivity index (χ1n) is 5.00. The van der Waals surface area contributed by atoms with E-state index >= 15 is 0 Å². The van der Waals surface area contributed by atoms with Gasteiger partial charge in [0, 0.05) is 31.7 Å². The molecule has 0 radical (unpaired) electrons. The monoisotopic (exact) mass is 231 g/mol. The van der Waals surface area contributed by atoms with Gasteiger partial charge in [-0.05, 0) is 36.0 Å². The van der Waals surface area contributed by atoms with Gasteiger partial charge in [0.05, 0.1) is 0 Å². The van der Waals surface area contributed by atoms with Crippen LogP contribution in [0.25, 0.3) is 11.3 Å². The van der Waals surface area contributed by atoms with Crippen LogP contribution in [0, 0.1) is 4.77 Å². The minimum absolute atomic E-state index is 0.509. The van der Waals surface area contributed by atoms with Crippen molar-refractivity contribution >= 4 is 17.9 Å². The van der Waals surface area contributed by atoms with Gasteiger partial charge in [0.15, 0.2) is 4.77 Å². The van der Waals surface area contributed by atoms with E-state index in [1.165, 1.54) is 5.69 Å². The van der Waals surface area contributed by atoms with Gasteiger partial charge in [0.1, 0.15) is 0 Å². The van der Waals surface area contributed by atoms with Gasteiger partial charge in [-0.3, -0.25) is 0 Å². The molecule has 0 unspecified atom stereocenters. The average Bonchev–Trinajstić information content (AvgIpc) is 2.29. The molecule has 1 N–H and O–H groups in total. The maximum absolute atomic E-state index is 4.99. The molecular formula is C12H13N3S. The molecule has 1 heterocycles. The first-order chi connectivity index (χ1) is 7.66. The van der Waals surface area contributed by atoms with Gasteiger partial charge >= 0.3 is 0 Å². The molecule has 3 nitrogen and oxygen atoms in total. The Hall–Kier alpha value is -1.68. The third-order valence-electron chi connectivity index (χ3n) is 2.37. The van der Waals surface area contributed by atoms with Gasteiger partial charge in [-0.25, -0.2) is 4.98 Å². The Morgan fingerprint density at radius 3 is 2.38 bits per heavy atom. The van der Waals surface area contributed by atoms with Crippen LogP contribution < -0.4 is 4.90 Å². The highest BCUT2D eigenvalue weighted by Crippen LogP contribution is 2.19. The van der Waals surface area contributed by atoms with E-state index in [1.54, 1.807) is 6.20 Å². The molecule has 0 atom stereocenters. The van der Waals surface area contributed by atoms with Gasteiger partial charge in [0.25, 0.3) is 0 Å². The highest BCUT2D eigenvalue weighted by atomic mass is 32.1. The lowest BCUT2D eigenvalue weighted by molar-refractivity contribution is 1.12. The topological polar surface area (TPSA) is 31.9 Å². The van der Waals surface area contributed by atoms with Crippen LogP contribution in [0.3, 0.4) is 0 Å². The molecule has 4 heteroatoms. The third kappa shape index (κ3) is 2.28. The van der Waals surface area contributed by atoms with Crippen molar-refractivity contribution in [2.24, 2.45) is 0 Å². The van der Waals surface area contributed by atoms with Gasteiger partial charge in [0.2, 0.25) is 0 Å². The van der Waals surface area contributed by atoms with Crippen molar-refractivity contribution < 1.29 is 0 Å². The zero-order valence-electron chi connectivity index (χ0n) is 9.27. The number of aromatic nitrogens is 2. The standard InChI is InChI=1S/C12H13N3S/c1-15(2)10-5-3-9(4-6-10)11-7-8-13-12(16)14-11/h3-8H,1-2H3,(H,13,14,16). The fourth-order valence-corrected chi connectivity index (χ4v) is 1.65. The van der Waals surface area contributed by atoms with E-state index in [1.807, 2.05) is 20.2 Å². The maximum atomic E-state index is 4.99. The Morgan fingerprint density at radius 2 is 1.81 bits per heavy atom. The zero-order valence-corrected chi connectivity index (χ0v) is 10.1. The largest absolute Gasteiger partial charge is 0.378 e. The second kappa shape index (κ2) is 4.45. The Bertz CT molecular complexity index is 528. The minimum atomic E-state index is 0.509. The normalized spacial score (nSPS) is 10.1. The average molecular weight is 231 g/mol. The summed E-state index contributed by atoms with van der Waals surface area (Å²) in [6, 6.07) is 10.2. The molecule has 16 heavy (non-hydrogen) atoms. The van der Waals surface area contributed by atoms with Gasteiger partial charge < -0.3 is 9.88 Å². The van der Waals surface area contributed by atoms with E-state index in [0.29, 0.717) is 4.77 Å². The summed E-state index contributed by atoms with van der Waals surface area (Å²) in [7, 11) is 4.05. The number of anilines is 1. The van der Waals surface area contributed by atoms with Crippen LogP contribution in [0.4, 0.5) is 5.69 Å². The van der Waals surface area contributed by atoms with Crippen LogP contribution in [0.5, 0.6) is 0 Å². The zero-order chi connectivity index (χ0) is 11.5. The number of aromatic amines is 1. The molecule has 0 bridgehead atoms. The van der Waals surface area contributed by atoms with Crippen molar-refractivity contribution in [3.8, 4) is 11.3 Å². The maximum Gasteiger partial charge on any atom is 0.197 e. The van der Waals surface area contributed by atoms with Crippen LogP contribution >= 0.6 is 12.2 Å². The van der Waals surface area contributed by atoms with Crippen molar-refractivity contribution in [1.82, 2.24) is 9.97 Å².